The van der Waals surface area contributed by atoms with Crippen LogP contribution in [-0.2, 0) is 0 Å². The molecule has 3 rings (SSSR count). The van der Waals surface area contributed by atoms with E-state index in [1.54, 1.807) is 7.05 Å². The van der Waals surface area contributed by atoms with Gasteiger partial charge in [0.2, 0.25) is 0 Å². The Morgan fingerprint density at radius 1 is 0.871 bits per heavy atom. The van der Waals surface area contributed by atoms with Crippen molar-refractivity contribution in [1.82, 2.24) is 15.5 Å². The molecule has 0 atom stereocenters. The van der Waals surface area contributed by atoms with E-state index in [4.69, 9.17) is 4.74 Å². The molecule has 170 valence electrons. The zero-order chi connectivity index (χ0) is 20.9. The summed E-state index contributed by atoms with van der Waals surface area (Å²) in [7, 11) is 1.81. The van der Waals surface area contributed by atoms with Gasteiger partial charge in [-0.2, -0.15) is 0 Å². The highest BCUT2D eigenvalue weighted by atomic mass is 127. The van der Waals surface area contributed by atoms with Crippen LogP contribution >= 0.6 is 24.0 Å². The van der Waals surface area contributed by atoms with E-state index in [1.807, 2.05) is 30.3 Å². The van der Waals surface area contributed by atoms with Gasteiger partial charge in [-0.25, -0.2) is 0 Å². The van der Waals surface area contributed by atoms with Gasteiger partial charge in [0.25, 0.3) is 0 Å². The molecule has 6 nitrogen and oxygen atoms in total. The molecular weight excluding hydrogens is 501 g/mol. The first-order valence-corrected chi connectivity index (χ1v) is 11.0. The smallest absolute Gasteiger partial charge is 0.191 e. The van der Waals surface area contributed by atoms with Gasteiger partial charge in [0.1, 0.15) is 12.4 Å². The number of hydrogen-bond acceptors (Lipinski definition) is 4. The Labute approximate surface area is 204 Å². The summed E-state index contributed by atoms with van der Waals surface area (Å²) in [4.78, 5) is 9.34. The van der Waals surface area contributed by atoms with Crippen molar-refractivity contribution in [1.29, 1.82) is 0 Å². The van der Waals surface area contributed by atoms with Crippen LogP contribution < -0.4 is 20.3 Å². The molecule has 0 spiro atoms. The van der Waals surface area contributed by atoms with Crippen LogP contribution in [0.25, 0.3) is 0 Å². The van der Waals surface area contributed by atoms with Gasteiger partial charge in [-0.15, -0.1) is 24.0 Å². The average Bonchev–Trinajstić information content (AvgIpc) is 2.82. The maximum atomic E-state index is 5.69. The number of nitrogens with one attached hydrogen (secondary N) is 2. The summed E-state index contributed by atoms with van der Waals surface area (Å²) >= 11 is 0. The number of anilines is 1. The molecule has 0 amide bonds. The number of halogens is 1. The number of aliphatic imine (C=N–C) groups is 1. The summed E-state index contributed by atoms with van der Waals surface area (Å²) in [5, 5.41) is 6.69. The fourth-order valence-corrected chi connectivity index (χ4v) is 3.61. The topological polar surface area (TPSA) is 52.1 Å². The number of ether oxygens (including phenoxy) is 1. The molecule has 31 heavy (non-hydrogen) atoms. The van der Waals surface area contributed by atoms with Gasteiger partial charge in [-0.05, 0) is 43.7 Å². The van der Waals surface area contributed by atoms with Crippen LogP contribution in [0.3, 0.4) is 0 Å². The normalized spacial score (nSPS) is 14.6. The van der Waals surface area contributed by atoms with Crippen LogP contribution in [0.1, 0.15) is 12.8 Å². The first-order valence-electron chi connectivity index (χ1n) is 11.0. The molecule has 7 heteroatoms. The second-order valence-electron chi connectivity index (χ2n) is 7.46. The monoisotopic (exact) mass is 537 g/mol. The van der Waals surface area contributed by atoms with Crippen LogP contribution in [-0.4, -0.2) is 70.3 Å². The van der Waals surface area contributed by atoms with E-state index in [9.17, 15) is 0 Å². The zero-order valence-corrected chi connectivity index (χ0v) is 20.8. The van der Waals surface area contributed by atoms with Crippen molar-refractivity contribution >= 4 is 35.6 Å². The molecule has 1 saturated heterocycles. The Kier molecular flexibility index (Phi) is 12.2. The maximum absolute atomic E-state index is 5.69. The van der Waals surface area contributed by atoms with Crippen LogP contribution in [0.4, 0.5) is 5.69 Å². The van der Waals surface area contributed by atoms with E-state index in [0.29, 0.717) is 6.61 Å². The van der Waals surface area contributed by atoms with Gasteiger partial charge in [-0.3, -0.25) is 9.89 Å². The van der Waals surface area contributed by atoms with E-state index >= 15 is 0 Å². The van der Waals surface area contributed by atoms with Crippen molar-refractivity contribution in [3.05, 3.63) is 60.7 Å². The first-order chi connectivity index (χ1) is 14.8. The summed E-state index contributed by atoms with van der Waals surface area (Å²) in [5.74, 6) is 1.73. The van der Waals surface area contributed by atoms with Crippen molar-refractivity contribution in [2.75, 3.05) is 64.4 Å². The minimum Gasteiger partial charge on any atom is -0.492 e. The molecule has 0 aromatic heterocycles. The van der Waals surface area contributed by atoms with E-state index in [1.165, 1.54) is 18.7 Å². The van der Waals surface area contributed by atoms with E-state index in [-0.39, 0.29) is 24.0 Å². The van der Waals surface area contributed by atoms with Crippen molar-refractivity contribution < 1.29 is 4.74 Å². The molecule has 1 heterocycles. The van der Waals surface area contributed by atoms with Gasteiger partial charge < -0.3 is 20.3 Å². The van der Waals surface area contributed by atoms with Crippen LogP contribution in [0.2, 0.25) is 0 Å². The molecule has 1 aliphatic heterocycles. The third kappa shape index (κ3) is 9.35. The summed E-state index contributed by atoms with van der Waals surface area (Å²) in [6.07, 6.45) is 2.34. The highest BCUT2D eigenvalue weighted by Crippen LogP contribution is 2.15. The number of guanidine groups is 1. The van der Waals surface area contributed by atoms with Crippen molar-refractivity contribution in [3.8, 4) is 5.75 Å². The van der Waals surface area contributed by atoms with Crippen LogP contribution in [0.5, 0.6) is 5.75 Å². The zero-order valence-electron chi connectivity index (χ0n) is 18.5. The molecule has 1 aliphatic rings. The molecule has 0 saturated carbocycles. The minimum atomic E-state index is 0. The minimum absolute atomic E-state index is 0. The number of piperazine rings is 1. The SMILES string of the molecule is CN=C(NCCCCN1CCN(c2ccccc2)CC1)NCCOc1ccccc1.I. The lowest BCUT2D eigenvalue weighted by atomic mass is 10.2. The number of hydrogen-bond donors (Lipinski definition) is 2. The average molecular weight is 537 g/mol. The molecule has 0 bridgehead atoms. The van der Waals surface area contributed by atoms with Gasteiger partial charge in [0.15, 0.2) is 5.96 Å². The molecule has 2 aromatic carbocycles. The van der Waals surface area contributed by atoms with Crippen molar-refractivity contribution in [2.45, 2.75) is 12.8 Å². The van der Waals surface area contributed by atoms with Crippen LogP contribution in [0.15, 0.2) is 65.7 Å². The molecule has 0 aliphatic carbocycles. The number of unbranched alkanes of at least 4 members (excludes halogenated alkanes) is 1. The largest absolute Gasteiger partial charge is 0.492 e. The number of para-hydroxylation sites is 2. The van der Waals surface area contributed by atoms with Gasteiger partial charge in [0, 0.05) is 45.5 Å². The molecule has 0 radical (unpaired) electrons. The highest BCUT2D eigenvalue weighted by molar-refractivity contribution is 14.0. The lowest BCUT2D eigenvalue weighted by molar-refractivity contribution is 0.253. The van der Waals surface area contributed by atoms with Crippen LogP contribution in [0, 0.1) is 0 Å². The van der Waals surface area contributed by atoms with Gasteiger partial charge in [0.05, 0.1) is 6.54 Å². The Bertz CT molecular complexity index is 736. The molecule has 2 aromatic rings. The predicted octanol–water partition coefficient (Wildman–Crippen LogP) is 3.45. The lowest BCUT2D eigenvalue weighted by Gasteiger charge is -2.36. The molecule has 2 N–H and O–H groups in total. The Morgan fingerprint density at radius 3 is 2.19 bits per heavy atom. The predicted molar refractivity (Wildman–Crippen MR) is 141 cm³/mol. The highest BCUT2D eigenvalue weighted by Gasteiger charge is 2.16. The maximum Gasteiger partial charge on any atom is 0.191 e. The second kappa shape index (κ2) is 14.9. The third-order valence-corrected chi connectivity index (χ3v) is 5.32. The Hall–Kier alpha value is -2.00. The second-order valence-corrected chi connectivity index (χ2v) is 7.46. The third-order valence-electron chi connectivity index (χ3n) is 5.32. The van der Waals surface area contributed by atoms with E-state index in [2.05, 4.69) is 55.8 Å². The quantitative estimate of drug-likeness (QED) is 0.211. The van der Waals surface area contributed by atoms with Gasteiger partial charge in [-0.1, -0.05) is 36.4 Å². The molecule has 1 fully saturated rings. The first kappa shape index (κ1) is 25.3. The Balaban J connectivity index is 0.00000341. The lowest BCUT2D eigenvalue weighted by Crippen LogP contribution is -2.46. The van der Waals surface area contributed by atoms with E-state index < -0.39 is 0 Å². The Morgan fingerprint density at radius 2 is 1.52 bits per heavy atom. The number of benzene rings is 2. The molecular formula is C24H36IN5O. The van der Waals surface area contributed by atoms with Gasteiger partial charge >= 0.3 is 0 Å². The fraction of sp³-hybridized carbons (Fsp3) is 0.458. The summed E-state index contributed by atoms with van der Waals surface area (Å²) in [6.45, 7) is 7.96. The summed E-state index contributed by atoms with van der Waals surface area (Å²) < 4.78 is 5.69. The fourth-order valence-electron chi connectivity index (χ4n) is 3.61. The molecule has 0 unspecified atom stereocenters. The summed E-state index contributed by atoms with van der Waals surface area (Å²) in [5.41, 5.74) is 1.34. The number of rotatable bonds is 10. The van der Waals surface area contributed by atoms with Crippen molar-refractivity contribution in [3.63, 3.8) is 0 Å². The van der Waals surface area contributed by atoms with E-state index in [0.717, 1.165) is 57.4 Å². The van der Waals surface area contributed by atoms with Crippen molar-refractivity contribution in [2.24, 2.45) is 4.99 Å². The standard InChI is InChI=1S/C24H35N5O.HI/c1-25-24(27-15-21-30-23-12-6-3-7-13-23)26-14-8-9-16-28-17-19-29(20-18-28)22-10-4-2-5-11-22;/h2-7,10-13H,8-9,14-21H2,1H3,(H2,25,26,27);1H. The number of nitrogens with zero attached hydrogens (tertiary/aromatic N) is 3. The summed E-state index contributed by atoms with van der Waals surface area (Å²) in [6, 6.07) is 20.6.